The number of esters is 1. The molecule has 6 rings (SSSR count). The van der Waals surface area contributed by atoms with Gasteiger partial charge in [0.1, 0.15) is 11.7 Å². The summed E-state index contributed by atoms with van der Waals surface area (Å²) in [5.74, 6) is -1.53. The zero-order valence-corrected chi connectivity index (χ0v) is 20.6. The molecule has 2 aliphatic rings. The van der Waals surface area contributed by atoms with Gasteiger partial charge in [-0.1, -0.05) is 66.2 Å². The Morgan fingerprint density at radius 3 is 2.03 bits per heavy atom. The summed E-state index contributed by atoms with van der Waals surface area (Å²) < 4.78 is 5.53. The van der Waals surface area contributed by atoms with Gasteiger partial charge < -0.3 is 4.74 Å². The van der Waals surface area contributed by atoms with E-state index in [9.17, 15) is 14.4 Å². The van der Waals surface area contributed by atoms with Crippen molar-refractivity contribution in [1.82, 2.24) is 0 Å². The number of amides is 2. The van der Waals surface area contributed by atoms with Gasteiger partial charge in [0, 0.05) is 0 Å². The maximum atomic E-state index is 13.7. The molecule has 188 valence electrons. The van der Waals surface area contributed by atoms with Gasteiger partial charge in [-0.05, 0) is 61.0 Å². The van der Waals surface area contributed by atoms with Crippen molar-refractivity contribution in [3.8, 4) is 5.75 Å². The van der Waals surface area contributed by atoms with E-state index in [0.29, 0.717) is 17.0 Å². The van der Waals surface area contributed by atoms with E-state index in [2.05, 4.69) is 0 Å². The molecule has 0 bridgehead atoms. The maximum Gasteiger partial charge on any atom is 0.343 e. The van der Waals surface area contributed by atoms with Crippen molar-refractivity contribution in [2.75, 3.05) is 9.96 Å². The summed E-state index contributed by atoms with van der Waals surface area (Å²) in [6, 6.07) is 31.8. The summed E-state index contributed by atoms with van der Waals surface area (Å²) in [6.07, 6.45) is -0.954. The number of rotatable bonds is 5. The van der Waals surface area contributed by atoms with Crippen molar-refractivity contribution < 1.29 is 24.0 Å². The number of hydroxylamine groups is 1. The zero-order valence-electron chi connectivity index (χ0n) is 20.6. The largest absolute Gasteiger partial charge is 0.423 e. The van der Waals surface area contributed by atoms with Crippen molar-refractivity contribution in [3.63, 3.8) is 0 Å². The normalized spacial score (nSPS) is 20.5. The summed E-state index contributed by atoms with van der Waals surface area (Å²) in [7, 11) is 0. The molecule has 3 atom stereocenters. The van der Waals surface area contributed by atoms with Crippen LogP contribution in [0.5, 0.6) is 5.75 Å². The number of para-hydroxylation sites is 1. The third kappa shape index (κ3) is 4.13. The number of carbonyl (C=O) groups is 3. The van der Waals surface area contributed by atoms with Crippen LogP contribution in [0, 0.1) is 12.8 Å². The van der Waals surface area contributed by atoms with Crippen LogP contribution in [-0.2, 0) is 14.4 Å². The number of anilines is 2. The first-order valence-corrected chi connectivity index (χ1v) is 12.3. The van der Waals surface area contributed by atoms with E-state index >= 15 is 0 Å². The van der Waals surface area contributed by atoms with Crippen LogP contribution in [0.25, 0.3) is 0 Å². The predicted molar refractivity (Wildman–Crippen MR) is 142 cm³/mol. The number of aryl methyl sites for hydroxylation is 1. The van der Waals surface area contributed by atoms with Gasteiger partial charge in [-0.3, -0.25) is 14.4 Å². The lowest BCUT2D eigenvalue weighted by molar-refractivity contribution is -0.126. The van der Waals surface area contributed by atoms with Gasteiger partial charge in [0.05, 0.1) is 23.0 Å². The first-order chi connectivity index (χ1) is 18.5. The molecule has 2 aliphatic heterocycles. The Morgan fingerprint density at radius 1 is 0.737 bits per heavy atom. The molecule has 2 heterocycles. The van der Waals surface area contributed by atoms with Crippen molar-refractivity contribution in [2.45, 2.75) is 19.1 Å². The number of hydrogen-bond acceptors (Lipinski definition) is 6. The van der Waals surface area contributed by atoms with E-state index in [1.807, 2.05) is 55.5 Å². The standard InChI is InChI=1S/C31H24N2O5/c1-20-12-16-23(17-13-20)32-29(34)26-27(33(38-28(26)30(32)35)24-10-6-3-7-11-24)21-14-18-25(19-15-21)37-31(36)22-8-4-2-5-9-22/h2-19,26-28H,1H3. The molecule has 2 saturated heterocycles. The summed E-state index contributed by atoms with van der Waals surface area (Å²) in [5, 5.41) is 1.64. The number of fused-ring (bicyclic) bond motifs is 1. The highest BCUT2D eigenvalue weighted by atomic mass is 16.7. The average molecular weight is 505 g/mol. The lowest BCUT2D eigenvalue weighted by Gasteiger charge is -2.28. The minimum absolute atomic E-state index is 0.313. The van der Waals surface area contributed by atoms with E-state index in [4.69, 9.17) is 9.57 Å². The minimum Gasteiger partial charge on any atom is -0.423 e. The van der Waals surface area contributed by atoms with E-state index in [1.54, 1.807) is 65.7 Å². The average Bonchev–Trinajstić information content (AvgIpc) is 3.46. The Balaban J connectivity index is 1.32. The molecule has 0 saturated carbocycles. The zero-order chi connectivity index (χ0) is 26.2. The van der Waals surface area contributed by atoms with E-state index in [1.165, 1.54) is 4.90 Å². The molecule has 38 heavy (non-hydrogen) atoms. The molecule has 0 N–H and O–H groups in total. The second kappa shape index (κ2) is 9.61. The number of hydrogen-bond donors (Lipinski definition) is 0. The van der Waals surface area contributed by atoms with E-state index < -0.39 is 24.0 Å². The number of ether oxygens (including phenoxy) is 1. The lowest BCUT2D eigenvalue weighted by atomic mass is 9.90. The summed E-state index contributed by atoms with van der Waals surface area (Å²) in [6.45, 7) is 1.95. The van der Waals surface area contributed by atoms with Crippen LogP contribution < -0.4 is 14.7 Å². The predicted octanol–water partition coefficient (Wildman–Crippen LogP) is 5.27. The summed E-state index contributed by atoms with van der Waals surface area (Å²) >= 11 is 0. The Morgan fingerprint density at radius 2 is 1.37 bits per heavy atom. The van der Waals surface area contributed by atoms with Crippen molar-refractivity contribution >= 4 is 29.2 Å². The Kier molecular flexibility index (Phi) is 5.98. The van der Waals surface area contributed by atoms with Crippen molar-refractivity contribution in [1.29, 1.82) is 0 Å². The summed E-state index contributed by atoms with van der Waals surface area (Å²) in [4.78, 5) is 47.1. The Bertz CT molecular complexity index is 1490. The topological polar surface area (TPSA) is 76.2 Å². The molecule has 3 unspecified atom stereocenters. The Labute approximate surface area is 219 Å². The number of benzene rings is 4. The monoisotopic (exact) mass is 504 g/mol. The van der Waals surface area contributed by atoms with Crippen LogP contribution in [0.4, 0.5) is 11.4 Å². The number of imide groups is 1. The third-order valence-electron chi connectivity index (χ3n) is 6.86. The number of carbonyl (C=O) groups excluding carboxylic acids is 3. The summed E-state index contributed by atoms with van der Waals surface area (Å²) in [5.41, 5.74) is 3.49. The van der Waals surface area contributed by atoms with Crippen LogP contribution in [0.1, 0.15) is 27.5 Å². The van der Waals surface area contributed by atoms with Gasteiger partial charge in [0.25, 0.3) is 5.91 Å². The lowest BCUT2D eigenvalue weighted by Crippen LogP contribution is -2.37. The highest BCUT2D eigenvalue weighted by Crippen LogP contribution is 2.47. The molecular formula is C31H24N2O5. The molecule has 2 amide bonds. The molecule has 0 aliphatic carbocycles. The SMILES string of the molecule is Cc1ccc(N2C(=O)C3ON(c4ccccc4)C(c4ccc(OC(=O)c5ccccc5)cc4)C3C2=O)cc1. The van der Waals surface area contributed by atoms with Gasteiger partial charge in [0.15, 0.2) is 6.10 Å². The smallest absolute Gasteiger partial charge is 0.343 e. The van der Waals surface area contributed by atoms with Crippen molar-refractivity contribution in [3.05, 3.63) is 126 Å². The molecule has 4 aromatic rings. The van der Waals surface area contributed by atoms with E-state index in [-0.39, 0.29) is 11.8 Å². The molecular weight excluding hydrogens is 480 g/mol. The van der Waals surface area contributed by atoms with Crippen molar-refractivity contribution in [2.24, 2.45) is 5.92 Å². The van der Waals surface area contributed by atoms with Crippen LogP contribution in [-0.4, -0.2) is 23.9 Å². The molecule has 4 aromatic carbocycles. The molecule has 7 nitrogen and oxygen atoms in total. The van der Waals surface area contributed by atoms with Gasteiger partial charge in [-0.25, -0.2) is 14.8 Å². The fourth-order valence-corrected chi connectivity index (χ4v) is 4.97. The molecule has 7 heteroatoms. The first kappa shape index (κ1) is 23.6. The molecule has 0 spiro atoms. The molecule has 0 radical (unpaired) electrons. The van der Waals surface area contributed by atoms with Crippen LogP contribution >= 0.6 is 0 Å². The van der Waals surface area contributed by atoms with Gasteiger partial charge in [-0.2, -0.15) is 0 Å². The fourth-order valence-electron chi connectivity index (χ4n) is 4.97. The van der Waals surface area contributed by atoms with Crippen LogP contribution in [0.3, 0.4) is 0 Å². The van der Waals surface area contributed by atoms with Gasteiger partial charge in [0.2, 0.25) is 5.91 Å². The number of nitrogens with zero attached hydrogens (tertiary/aromatic N) is 2. The third-order valence-corrected chi connectivity index (χ3v) is 6.86. The van der Waals surface area contributed by atoms with E-state index in [0.717, 1.165) is 16.8 Å². The quantitative estimate of drug-likeness (QED) is 0.210. The minimum atomic E-state index is -0.954. The fraction of sp³-hybridized carbons (Fsp3) is 0.129. The second-order valence-electron chi connectivity index (χ2n) is 9.33. The van der Waals surface area contributed by atoms with Gasteiger partial charge >= 0.3 is 5.97 Å². The highest BCUT2D eigenvalue weighted by molar-refractivity contribution is 6.23. The molecule has 2 fully saturated rings. The maximum absolute atomic E-state index is 13.7. The first-order valence-electron chi connectivity index (χ1n) is 12.3. The van der Waals surface area contributed by atoms with Crippen LogP contribution in [0.15, 0.2) is 109 Å². The second-order valence-corrected chi connectivity index (χ2v) is 9.33. The van der Waals surface area contributed by atoms with Crippen LogP contribution in [0.2, 0.25) is 0 Å². The Hall–Kier alpha value is -4.75. The molecule has 0 aromatic heterocycles. The van der Waals surface area contributed by atoms with Gasteiger partial charge in [-0.15, -0.1) is 0 Å². The highest BCUT2D eigenvalue weighted by Gasteiger charge is 2.60.